The van der Waals surface area contributed by atoms with E-state index in [-0.39, 0.29) is 0 Å². The molecule has 1 aliphatic carbocycles. The molecular weight excluding hydrogens is 282 g/mol. The summed E-state index contributed by atoms with van der Waals surface area (Å²) in [7, 11) is 1.72. The maximum Gasteiger partial charge on any atom is 0.119 e. The third-order valence-corrected chi connectivity index (χ3v) is 4.58. The Morgan fingerprint density at radius 1 is 1.19 bits per heavy atom. The van der Waals surface area contributed by atoms with Gasteiger partial charge >= 0.3 is 0 Å². The smallest absolute Gasteiger partial charge is 0.119 e. The maximum absolute atomic E-state index is 6.21. The number of benzene rings is 2. The summed E-state index contributed by atoms with van der Waals surface area (Å²) in [5.74, 6) is 0.938. The van der Waals surface area contributed by atoms with Crippen molar-refractivity contribution in [3.05, 3.63) is 58.1 Å². The zero-order valence-electron chi connectivity index (χ0n) is 12.4. The van der Waals surface area contributed by atoms with E-state index in [2.05, 4.69) is 29.6 Å². The van der Waals surface area contributed by atoms with Crippen molar-refractivity contribution in [3.8, 4) is 5.75 Å². The molecule has 0 bridgehead atoms. The highest BCUT2D eigenvalue weighted by Gasteiger charge is 2.20. The number of aryl methyl sites for hydroxylation is 2. The van der Waals surface area contributed by atoms with Crippen LogP contribution in [0.5, 0.6) is 5.75 Å². The average molecular weight is 302 g/mol. The van der Waals surface area contributed by atoms with Gasteiger partial charge in [-0.1, -0.05) is 23.7 Å². The summed E-state index contributed by atoms with van der Waals surface area (Å²) in [6.45, 7) is 2.02. The minimum atomic E-state index is 0.346. The Labute approximate surface area is 131 Å². The number of methoxy groups -OCH3 is 1. The molecule has 0 radical (unpaired) electrons. The van der Waals surface area contributed by atoms with Crippen molar-refractivity contribution in [2.24, 2.45) is 0 Å². The maximum atomic E-state index is 6.21. The van der Waals surface area contributed by atoms with E-state index in [1.54, 1.807) is 7.11 Å². The number of ether oxygens (including phenoxy) is 1. The Balaban J connectivity index is 1.86. The van der Waals surface area contributed by atoms with E-state index in [0.717, 1.165) is 34.9 Å². The third kappa shape index (κ3) is 3.01. The third-order valence-electron chi connectivity index (χ3n) is 4.18. The Hall–Kier alpha value is -1.67. The molecule has 0 saturated heterocycles. The molecule has 0 heterocycles. The van der Waals surface area contributed by atoms with Crippen molar-refractivity contribution >= 4 is 17.3 Å². The zero-order valence-corrected chi connectivity index (χ0v) is 13.2. The second-order valence-electron chi connectivity index (χ2n) is 5.62. The van der Waals surface area contributed by atoms with Crippen molar-refractivity contribution in [1.29, 1.82) is 0 Å². The van der Waals surface area contributed by atoms with Gasteiger partial charge in [-0.25, -0.2) is 0 Å². The minimum absolute atomic E-state index is 0.346. The van der Waals surface area contributed by atoms with Crippen molar-refractivity contribution in [1.82, 2.24) is 0 Å². The van der Waals surface area contributed by atoms with Crippen LogP contribution >= 0.6 is 11.6 Å². The van der Waals surface area contributed by atoms with Crippen LogP contribution in [0.4, 0.5) is 5.69 Å². The van der Waals surface area contributed by atoms with Crippen LogP contribution in [0.1, 0.15) is 35.6 Å². The van der Waals surface area contributed by atoms with Crippen LogP contribution in [0.15, 0.2) is 36.4 Å². The lowest BCUT2D eigenvalue weighted by molar-refractivity contribution is 0.413. The fourth-order valence-electron chi connectivity index (χ4n) is 2.95. The van der Waals surface area contributed by atoms with E-state index >= 15 is 0 Å². The van der Waals surface area contributed by atoms with Gasteiger partial charge in [0.15, 0.2) is 0 Å². The molecule has 1 unspecified atom stereocenters. The lowest BCUT2D eigenvalue weighted by Crippen LogP contribution is -2.17. The molecule has 0 saturated carbocycles. The van der Waals surface area contributed by atoms with E-state index < -0.39 is 0 Å². The molecule has 21 heavy (non-hydrogen) atoms. The molecule has 3 heteroatoms. The fourth-order valence-corrected chi connectivity index (χ4v) is 3.13. The van der Waals surface area contributed by atoms with Crippen molar-refractivity contribution < 1.29 is 4.74 Å². The lowest BCUT2D eigenvalue weighted by atomic mass is 9.87. The second-order valence-corrected chi connectivity index (χ2v) is 6.03. The van der Waals surface area contributed by atoms with Gasteiger partial charge in [-0.15, -0.1) is 0 Å². The number of anilines is 1. The summed E-state index contributed by atoms with van der Waals surface area (Å²) in [6, 6.07) is 12.9. The first-order valence-electron chi connectivity index (χ1n) is 7.37. The first-order valence-corrected chi connectivity index (χ1v) is 7.74. The van der Waals surface area contributed by atoms with Gasteiger partial charge in [-0.05, 0) is 67.1 Å². The van der Waals surface area contributed by atoms with Crippen LogP contribution in [-0.2, 0) is 6.42 Å². The summed E-state index contributed by atoms with van der Waals surface area (Å²) in [5.41, 5.74) is 4.95. The van der Waals surface area contributed by atoms with E-state index in [9.17, 15) is 0 Å². The SMILES string of the molecule is COc1ccc2c(c1)CCCC2Nc1ccc(C)c(Cl)c1. The monoisotopic (exact) mass is 301 g/mol. The largest absolute Gasteiger partial charge is 0.497 e. The summed E-state index contributed by atoms with van der Waals surface area (Å²) >= 11 is 6.21. The Kier molecular flexibility index (Phi) is 4.07. The molecule has 2 nitrogen and oxygen atoms in total. The molecule has 1 N–H and O–H groups in total. The molecule has 110 valence electrons. The zero-order chi connectivity index (χ0) is 14.8. The highest BCUT2D eigenvalue weighted by molar-refractivity contribution is 6.31. The number of rotatable bonds is 3. The summed E-state index contributed by atoms with van der Waals surface area (Å²) in [4.78, 5) is 0. The quantitative estimate of drug-likeness (QED) is 0.847. The standard InChI is InChI=1S/C18H20ClNO/c1-12-6-7-14(11-17(12)19)20-18-5-3-4-13-10-15(21-2)8-9-16(13)18/h6-11,18,20H,3-5H2,1-2H3. The van der Waals surface area contributed by atoms with Gasteiger partial charge in [0.05, 0.1) is 13.2 Å². The van der Waals surface area contributed by atoms with E-state index in [1.165, 1.54) is 17.5 Å². The number of hydrogen-bond donors (Lipinski definition) is 1. The molecule has 2 aromatic carbocycles. The average Bonchev–Trinajstić information content (AvgIpc) is 2.50. The molecule has 2 aromatic rings. The second kappa shape index (κ2) is 5.98. The van der Waals surface area contributed by atoms with Gasteiger partial charge in [-0.3, -0.25) is 0 Å². The molecule has 0 amide bonds. The predicted octanol–water partition coefficient (Wildman–Crippen LogP) is 5.15. The number of halogens is 1. The van der Waals surface area contributed by atoms with Gasteiger partial charge in [0.25, 0.3) is 0 Å². The molecule has 0 fully saturated rings. The highest BCUT2D eigenvalue weighted by atomic mass is 35.5. The molecule has 0 aromatic heterocycles. The first-order chi connectivity index (χ1) is 10.2. The number of fused-ring (bicyclic) bond motifs is 1. The van der Waals surface area contributed by atoms with Crippen LogP contribution in [0.3, 0.4) is 0 Å². The van der Waals surface area contributed by atoms with Crippen LogP contribution in [0.25, 0.3) is 0 Å². The Bertz CT molecular complexity index is 654. The van der Waals surface area contributed by atoms with Crippen LogP contribution in [-0.4, -0.2) is 7.11 Å². The first kappa shape index (κ1) is 14.3. The number of nitrogens with one attached hydrogen (secondary N) is 1. The Morgan fingerprint density at radius 2 is 2.05 bits per heavy atom. The summed E-state index contributed by atoms with van der Waals surface area (Å²) in [5, 5.41) is 4.43. The topological polar surface area (TPSA) is 21.3 Å². The van der Waals surface area contributed by atoms with Gasteiger partial charge in [0.1, 0.15) is 5.75 Å². The summed E-state index contributed by atoms with van der Waals surface area (Å²) < 4.78 is 5.32. The van der Waals surface area contributed by atoms with Crippen molar-refractivity contribution in [2.45, 2.75) is 32.2 Å². The summed E-state index contributed by atoms with van der Waals surface area (Å²) in [6.07, 6.45) is 3.46. The van der Waals surface area contributed by atoms with E-state index in [0.29, 0.717) is 6.04 Å². The normalized spacial score (nSPS) is 17.2. The number of hydrogen-bond acceptors (Lipinski definition) is 2. The van der Waals surface area contributed by atoms with Gasteiger partial charge < -0.3 is 10.1 Å². The van der Waals surface area contributed by atoms with Gasteiger partial charge in [0, 0.05) is 10.7 Å². The highest BCUT2D eigenvalue weighted by Crippen LogP contribution is 2.35. The van der Waals surface area contributed by atoms with E-state index in [1.807, 2.05) is 19.1 Å². The fraction of sp³-hybridized carbons (Fsp3) is 0.333. The molecule has 3 rings (SSSR count). The Morgan fingerprint density at radius 3 is 2.81 bits per heavy atom. The molecule has 0 aliphatic heterocycles. The van der Waals surface area contributed by atoms with Crippen LogP contribution in [0, 0.1) is 6.92 Å². The van der Waals surface area contributed by atoms with Crippen LogP contribution in [0.2, 0.25) is 5.02 Å². The lowest BCUT2D eigenvalue weighted by Gasteiger charge is -2.27. The van der Waals surface area contributed by atoms with E-state index in [4.69, 9.17) is 16.3 Å². The molecule has 0 spiro atoms. The minimum Gasteiger partial charge on any atom is -0.497 e. The molecule has 1 atom stereocenters. The molecule has 1 aliphatic rings. The van der Waals surface area contributed by atoms with Gasteiger partial charge in [-0.2, -0.15) is 0 Å². The molecular formula is C18H20ClNO. The van der Waals surface area contributed by atoms with Gasteiger partial charge in [0.2, 0.25) is 0 Å². The van der Waals surface area contributed by atoms with Crippen LogP contribution < -0.4 is 10.1 Å². The van der Waals surface area contributed by atoms with Crippen molar-refractivity contribution in [3.63, 3.8) is 0 Å². The predicted molar refractivity (Wildman–Crippen MR) is 88.5 cm³/mol. The van der Waals surface area contributed by atoms with Crippen molar-refractivity contribution in [2.75, 3.05) is 12.4 Å².